The van der Waals surface area contributed by atoms with Crippen molar-refractivity contribution in [3.8, 4) is 11.5 Å². The Kier molecular flexibility index (Phi) is 4.81. The van der Waals surface area contributed by atoms with Gasteiger partial charge in [0.2, 0.25) is 0 Å². The fourth-order valence-electron chi connectivity index (χ4n) is 1.05. The van der Waals surface area contributed by atoms with Crippen LogP contribution >= 0.6 is 34.2 Å². The summed E-state index contributed by atoms with van der Waals surface area (Å²) in [5.74, 6) is 1.46. The van der Waals surface area contributed by atoms with E-state index in [0.717, 1.165) is 9.32 Å². The summed E-state index contributed by atoms with van der Waals surface area (Å²) in [5, 5.41) is 0.692. The quantitative estimate of drug-likeness (QED) is 0.785. The van der Waals surface area contributed by atoms with Crippen LogP contribution in [0, 0.1) is 3.57 Å². The monoisotopic (exact) mass is 326 g/mol. The largest absolute Gasteiger partial charge is 0.490 e. The van der Waals surface area contributed by atoms with Gasteiger partial charge in [0.1, 0.15) is 0 Å². The molecule has 0 heterocycles. The number of rotatable bonds is 4. The minimum absolute atomic E-state index is 0.608. The molecule has 0 amide bonds. The van der Waals surface area contributed by atoms with Crippen LogP contribution in [-0.2, 0) is 0 Å². The van der Waals surface area contributed by atoms with E-state index in [0.29, 0.717) is 24.0 Å². The fourth-order valence-corrected chi connectivity index (χ4v) is 1.64. The van der Waals surface area contributed by atoms with Gasteiger partial charge < -0.3 is 9.47 Å². The van der Waals surface area contributed by atoms with Gasteiger partial charge >= 0.3 is 0 Å². The zero-order valence-electron chi connectivity index (χ0n) is 8.14. The van der Waals surface area contributed by atoms with E-state index in [1.165, 1.54) is 0 Å². The van der Waals surface area contributed by atoms with Crippen molar-refractivity contribution in [1.82, 2.24) is 0 Å². The van der Waals surface area contributed by atoms with E-state index in [1.807, 2.05) is 19.9 Å². The second-order valence-corrected chi connectivity index (χ2v) is 4.15. The lowest BCUT2D eigenvalue weighted by Crippen LogP contribution is -1.98. The minimum Gasteiger partial charge on any atom is -0.490 e. The first-order chi connectivity index (χ1) is 6.69. The lowest BCUT2D eigenvalue weighted by molar-refractivity contribution is 0.287. The number of hydrogen-bond acceptors (Lipinski definition) is 2. The number of hydrogen-bond donors (Lipinski definition) is 0. The molecule has 0 unspecified atom stereocenters. The third-order valence-electron chi connectivity index (χ3n) is 1.59. The summed E-state index contributed by atoms with van der Waals surface area (Å²) >= 11 is 8.15. The average Bonchev–Trinajstić information content (AvgIpc) is 2.14. The van der Waals surface area contributed by atoms with Gasteiger partial charge in [-0.3, -0.25) is 0 Å². The van der Waals surface area contributed by atoms with Crippen LogP contribution in [0.1, 0.15) is 13.8 Å². The molecule has 0 aromatic heterocycles. The lowest BCUT2D eigenvalue weighted by Gasteiger charge is -2.11. The van der Waals surface area contributed by atoms with Crippen molar-refractivity contribution in [3.63, 3.8) is 0 Å². The molecule has 0 aliphatic heterocycles. The molecule has 2 nitrogen and oxygen atoms in total. The summed E-state index contributed by atoms with van der Waals surface area (Å²) in [4.78, 5) is 0. The first-order valence-corrected chi connectivity index (χ1v) is 5.89. The molecule has 14 heavy (non-hydrogen) atoms. The molecule has 0 bridgehead atoms. The summed E-state index contributed by atoms with van der Waals surface area (Å²) in [6.07, 6.45) is 0. The highest BCUT2D eigenvalue weighted by molar-refractivity contribution is 14.1. The second-order valence-electron chi connectivity index (χ2n) is 2.58. The smallest absolute Gasteiger partial charge is 0.162 e. The van der Waals surface area contributed by atoms with Crippen molar-refractivity contribution >= 4 is 34.2 Å². The highest BCUT2D eigenvalue weighted by atomic mass is 127. The van der Waals surface area contributed by atoms with E-state index in [4.69, 9.17) is 21.1 Å². The molecule has 0 radical (unpaired) electrons. The topological polar surface area (TPSA) is 18.5 Å². The van der Waals surface area contributed by atoms with E-state index >= 15 is 0 Å². The SMILES string of the molecule is CCOc1cc(Cl)c(I)cc1OCC. The average molecular weight is 327 g/mol. The molecule has 78 valence electrons. The Hall–Kier alpha value is -0.160. The summed E-state index contributed by atoms with van der Waals surface area (Å²) < 4.78 is 11.8. The van der Waals surface area contributed by atoms with Gasteiger partial charge in [-0.1, -0.05) is 11.6 Å². The van der Waals surface area contributed by atoms with Crippen molar-refractivity contribution < 1.29 is 9.47 Å². The summed E-state index contributed by atoms with van der Waals surface area (Å²) in [5.41, 5.74) is 0. The second kappa shape index (κ2) is 5.66. The van der Waals surface area contributed by atoms with E-state index in [2.05, 4.69) is 22.6 Å². The normalized spacial score (nSPS) is 10.0. The Labute approximate surface area is 103 Å². The van der Waals surface area contributed by atoms with Gasteiger partial charge in [0, 0.05) is 9.64 Å². The predicted molar refractivity (Wildman–Crippen MR) is 66.5 cm³/mol. The van der Waals surface area contributed by atoms with Gasteiger partial charge in [-0.25, -0.2) is 0 Å². The van der Waals surface area contributed by atoms with E-state index < -0.39 is 0 Å². The molecule has 4 heteroatoms. The van der Waals surface area contributed by atoms with Crippen LogP contribution in [0.5, 0.6) is 11.5 Å². The van der Waals surface area contributed by atoms with Crippen LogP contribution < -0.4 is 9.47 Å². The lowest BCUT2D eigenvalue weighted by atomic mass is 10.3. The fraction of sp³-hybridized carbons (Fsp3) is 0.400. The zero-order chi connectivity index (χ0) is 10.6. The molecule has 0 saturated carbocycles. The van der Waals surface area contributed by atoms with Crippen LogP contribution in [-0.4, -0.2) is 13.2 Å². The molecule has 1 aromatic carbocycles. The number of halogens is 2. The first kappa shape index (κ1) is 11.9. The van der Waals surface area contributed by atoms with E-state index in [1.54, 1.807) is 6.07 Å². The Bertz CT molecular complexity index is 284. The van der Waals surface area contributed by atoms with Crippen LogP contribution in [0.2, 0.25) is 5.02 Å². The summed E-state index contributed by atoms with van der Waals surface area (Å²) in [6.45, 7) is 5.10. The molecule has 0 spiro atoms. The zero-order valence-corrected chi connectivity index (χ0v) is 11.1. The molecule has 0 aliphatic carbocycles. The Morgan fingerprint density at radius 1 is 1.14 bits per heavy atom. The van der Waals surface area contributed by atoms with Gasteiger partial charge in [0.05, 0.1) is 18.2 Å². The first-order valence-electron chi connectivity index (χ1n) is 4.43. The highest BCUT2D eigenvalue weighted by Gasteiger charge is 2.08. The summed E-state index contributed by atoms with van der Waals surface area (Å²) in [7, 11) is 0. The third kappa shape index (κ3) is 2.92. The molecule has 0 fully saturated rings. The third-order valence-corrected chi connectivity index (χ3v) is 3.11. The molecule has 0 aliphatic rings. The van der Waals surface area contributed by atoms with Crippen LogP contribution in [0.25, 0.3) is 0 Å². The number of ether oxygens (including phenoxy) is 2. The van der Waals surface area contributed by atoms with Crippen molar-refractivity contribution in [3.05, 3.63) is 20.7 Å². The maximum atomic E-state index is 5.98. The molecule has 0 atom stereocenters. The van der Waals surface area contributed by atoms with Gasteiger partial charge in [-0.15, -0.1) is 0 Å². The molecule has 1 aromatic rings. The predicted octanol–water partition coefficient (Wildman–Crippen LogP) is 3.74. The Morgan fingerprint density at radius 3 is 2.14 bits per heavy atom. The molecule has 0 N–H and O–H groups in total. The van der Waals surface area contributed by atoms with Gasteiger partial charge in [-0.05, 0) is 42.5 Å². The minimum atomic E-state index is 0.608. The van der Waals surface area contributed by atoms with Crippen LogP contribution in [0.4, 0.5) is 0 Å². The van der Waals surface area contributed by atoms with Crippen molar-refractivity contribution in [1.29, 1.82) is 0 Å². The Balaban J connectivity index is 3.03. The van der Waals surface area contributed by atoms with Gasteiger partial charge in [0.15, 0.2) is 11.5 Å². The molecular formula is C10H12ClIO2. The van der Waals surface area contributed by atoms with Crippen LogP contribution in [0.15, 0.2) is 12.1 Å². The molecular weight excluding hydrogens is 314 g/mol. The Morgan fingerprint density at radius 2 is 1.64 bits per heavy atom. The summed E-state index contributed by atoms with van der Waals surface area (Å²) in [6, 6.07) is 3.68. The van der Waals surface area contributed by atoms with Gasteiger partial charge in [0.25, 0.3) is 0 Å². The van der Waals surface area contributed by atoms with Crippen LogP contribution in [0.3, 0.4) is 0 Å². The van der Waals surface area contributed by atoms with Crippen molar-refractivity contribution in [2.45, 2.75) is 13.8 Å². The maximum Gasteiger partial charge on any atom is 0.162 e. The molecule has 0 saturated heterocycles. The van der Waals surface area contributed by atoms with Gasteiger partial charge in [-0.2, -0.15) is 0 Å². The highest BCUT2D eigenvalue weighted by Crippen LogP contribution is 2.34. The maximum absolute atomic E-state index is 5.98. The van der Waals surface area contributed by atoms with Crippen molar-refractivity contribution in [2.75, 3.05) is 13.2 Å². The number of benzene rings is 1. The van der Waals surface area contributed by atoms with E-state index in [-0.39, 0.29) is 0 Å². The van der Waals surface area contributed by atoms with E-state index in [9.17, 15) is 0 Å². The van der Waals surface area contributed by atoms with Crippen molar-refractivity contribution in [2.24, 2.45) is 0 Å². The standard InChI is InChI=1S/C10H12ClIO2/c1-3-13-9-5-7(11)8(12)6-10(9)14-4-2/h5-6H,3-4H2,1-2H3. The molecule has 1 rings (SSSR count).